The number of anilines is 1. The van der Waals surface area contributed by atoms with E-state index in [1.54, 1.807) is 0 Å². The summed E-state index contributed by atoms with van der Waals surface area (Å²) in [5, 5.41) is 8.29. The number of amides is 2. The number of hydrogen-bond donors (Lipinski definition) is 2. The molecule has 1 aromatic heterocycles. The zero-order valence-electron chi connectivity index (χ0n) is 13.6. The average Bonchev–Trinajstić information content (AvgIpc) is 3.00. The van der Waals surface area contributed by atoms with Crippen molar-refractivity contribution in [3.05, 3.63) is 64.5 Å². The molecule has 4 nitrogen and oxygen atoms in total. The summed E-state index contributed by atoms with van der Waals surface area (Å²) in [4.78, 5) is 24.5. The van der Waals surface area contributed by atoms with Gasteiger partial charge in [0.2, 0.25) is 5.91 Å². The average molecular weight is 338 g/mol. The number of hydrogen-bond acceptors (Lipinski definition) is 3. The molecule has 0 atom stereocenters. The molecule has 2 N–H and O–H groups in total. The third-order valence-corrected chi connectivity index (χ3v) is 4.84. The molecule has 1 heterocycles. The van der Waals surface area contributed by atoms with Crippen LogP contribution in [0.15, 0.2) is 47.8 Å². The van der Waals surface area contributed by atoms with Crippen molar-refractivity contribution in [1.82, 2.24) is 5.32 Å². The van der Waals surface area contributed by atoms with Gasteiger partial charge in [-0.3, -0.25) is 9.59 Å². The van der Waals surface area contributed by atoms with Crippen LogP contribution in [0.2, 0.25) is 0 Å². The van der Waals surface area contributed by atoms with Gasteiger partial charge in [0, 0.05) is 21.2 Å². The fraction of sp³-hybridized carbons (Fsp3) is 0.158. The van der Waals surface area contributed by atoms with Crippen molar-refractivity contribution in [1.29, 1.82) is 0 Å². The largest absolute Gasteiger partial charge is 0.343 e. The third kappa shape index (κ3) is 3.31. The van der Waals surface area contributed by atoms with Gasteiger partial charge in [-0.2, -0.15) is 0 Å². The van der Waals surface area contributed by atoms with Crippen molar-refractivity contribution >= 4 is 38.9 Å². The maximum absolute atomic E-state index is 12.3. The first kappa shape index (κ1) is 16.2. The van der Waals surface area contributed by atoms with Crippen LogP contribution in [-0.4, -0.2) is 18.4 Å². The van der Waals surface area contributed by atoms with E-state index in [9.17, 15) is 9.59 Å². The van der Waals surface area contributed by atoms with E-state index in [0.29, 0.717) is 5.56 Å². The van der Waals surface area contributed by atoms with E-state index < -0.39 is 0 Å². The number of carbonyl (C=O) groups is 2. The molecule has 24 heavy (non-hydrogen) atoms. The lowest BCUT2D eigenvalue weighted by Gasteiger charge is -2.11. The van der Waals surface area contributed by atoms with Gasteiger partial charge in [-0.05, 0) is 31.0 Å². The van der Waals surface area contributed by atoms with E-state index in [1.165, 1.54) is 11.3 Å². The van der Waals surface area contributed by atoms with Crippen LogP contribution in [-0.2, 0) is 4.79 Å². The number of nitrogens with one attached hydrogen (secondary N) is 2. The van der Waals surface area contributed by atoms with Crippen molar-refractivity contribution < 1.29 is 9.59 Å². The second-order valence-corrected chi connectivity index (χ2v) is 6.55. The molecule has 0 saturated carbocycles. The van der Waals surface area contributed by atoms with E-state index in [1.807, 2.05) is 61.7 Å². The topological polar surface area (TPSA) is 58.2 Å². The molecule has 122 valence electrons. The van der Waals surface area contributed by atoms with E-state index in [-0.39, 0.29) is 18.4 Å². The predicted molar refractivity (Wildman–Crippen MR) is 98.7 cm³/mol. The number of thiophene rings is 1. The highest BCUT2D eigenvalue weighted by Gasteiger charge is 2.13. The van der Waals surface area contributed by atoms with Gasteiger partial charge in [0.25, 0.3) is 5.91 Å². The Balaban J connectivity index is 1.65. The summed E-state index contributed by atoms with van der Waals surface area (Å²) >= 11 is 1.52. The number of rotatable bonds is 4. The molecular formula is C19H18N2O2S. The number of benzene rings is 2. The molecule has 0 saturated heterocycles. The van der Waals surface area contributed by atoms with Crippen molar-refractivity contribution in [3.8, 4) is 0 Å². The lowest BCUT2D eigenvalue weighted by atomic mass is 10.1. The fourth-order valence-corrected chi connectivity index (χ4v) is 3.55. The molecule has 5 heteroatoms. The first-order valence-corrected chi connectivity index (χ1v) is 8.54. The molecule has 0 bridgehead atoms. The van der Waals surface area contributed by atoms with Gasteiger partial charge in [-0.15, -0.1) is 11.3 Å². The van der Waals surface area contributed by atoms with Crippen LogP contribution in [0.4, 0.5) is 5.69 Å². The van der Waals surface area contributed by atoms with Crippen molar-refractivity contribution in [2.24, 2.45) is 0 Å². The Morgan fingerprint density at radius 1 is 1.00 bits per heavy atom. The molecule has 0 radical (unpaired) electrons. The SMILES string of the molecule is Cc1cccc(C)c1NC(=O)CNC(=O)c1csc2ccccc12. The molecular weight excluding hydrogens is 320 g/mol. The Bertz CT molecular complexity index is 894. The molecule has 3 aromatic rings. The first-order chi connectivity index (χ1) is 11.6. The summed E-state index contributed by atoms with van der Waals surface area (Å²) in [5.74, 6) is -0.468. The molecule has 2 amide bonds. The minimum Gasteiger partial charge on any atom is -0.343 e. The summed E-state index contributed by atoms with van der Waals surface area (Å²) in [6, 6.07) is 13.6. The molecule has 0 spiro atoms. The highest BCUT2D eigenvalue weighted by Crippen LogP contribution is 2.25. The molecule has 0 aliphatic heterocycles. The molecule has 0 fully saturated rings. The summed E-state index contributed by atoms with van der Waals surface area (Å²) in [6.45, 7) is 3.83. The van der Waals surface area contributed by atoms with Gasteiger partial charge in [-0.1, -0.05) is 36.4 Å². The number of fused-ring (bicyclic) bond motifs is 1. The highest BCUT2D eigenvalue weighted by atomic mass is 32.1. The smallest absolute Gasteiger partial charge is 0.253 e. The molecule has 0 aliphatic rings. The number of para-hydroxylation sites is 1. The van der Waals surface area contributed by atoms with Crippen LogP contribution in [0.5, 0.6) is 0 Å². The summed E-state index contributed by atoms with van der Waals surface area (Å²) in [6.07, 6.45) is 0. The van der Waals surface area contributed by atoms with Gasteiger partial charge >= 0.3 is 0 Å². The molecule has 3 rings (SSSR count). The van der Waals surface area contributed by atoms with Gasteiger partial charge in [0.15, 0.2) is 0 Å². The van der Waals surface area contributed by atoms with Gasteiger partial charge in [-0.25, -0.2) is 0 Å². The van der Waals surface area contributed by atoms with Crippen molar-refractivity contribution in [2.75, 3.05) is 11.9 Å². The Morgan fingerprint density at radius 3 is 2.46 bits per heavy atom. The van der Waals surface area contributed by atoms with Crippen LogP contribution >= 0.6 is 11.3 Å². The Morgan fingerprint density at radius 2 is 1.71 bits per heavy atom. The van der Waals surface area contributed by atoms with E-state index in [4.69, 9.17) is 0 Å². The highest BCUT2D eigenvalue weighted by molar-refractivity contribution is 7.17. The Kier molecular flexibility index (Phi) is 4.62. The summed E-state index contributed by atoms with van der Waals surface area (Å²) < 4.78 is 1.06. The predicted octanol–water partition coefficient (Wildman–Crippen LogP) is 3.89. The monoisotopic (exact) mass is 338 g/mol. The van der Waals surface area contributed by atoms with Crippen LogP contribution in [0.25, 0.3) is 10.1 Å². The number of aryl methyl sites for hydroxylation is 2. The second kappa shape index (κ2) is 6.84. The van der Waals surface area contributed by atoms with Gasteiger partial charge in [0.05, 0.1) is 12.1 Å². The van der Waals surface area contributed by atoms with Crippen LogP contribution in [0, 0.1) is 13.8 Å². The Labute approximate surface area is 144 Å². The quantitative estimate of drug-likeness (QED) is 0.758. The fourth-order valence-electron chi connectivity index (χ4n) is 2.60. The first-order valence-electron chi connectivity index (χ1n) is 7.67. The summed E-state index contributed by atoms with van der Waals surface area (Å²) in [5.41, 5.74) is 3.41. The Hall–Kier alpha value is -2.66. The minimum atomic E-state index is -0.236. The number of carbonyl (C=O) groups excluding carboxylic acids is 2. The van der Waals surface area contributed by atoms with Crippen LogP contribution in [0.3, 0.4) is 0 Å². The van der Waals surface area contributed by atoms with Crippen molar-refractivity contribution in [3.63, 3.8) is 0 Å². The van der Waals surface area contributed by atoms with Crippen molar-refractivity contribution in [2.45, 2.75) is 13.8 Å². The summed E-state index contributed by atoms with van der Waals surface area (Å²) in [7, 11) is 0. The maximum Gasteiger partial charge on any atom is 0.253 e. The molecule has 2 aromatic carbocycles. The normalized spacial score (nSPS) is 10.6. The van der Waals surface area contributed by atoms with Crippen LogP contribution in [0.1, 0.15) is 21.5 Å². The van der Waals surface area contributed by atoms with Crippen LogP contribution < -0.4 is 10.6 Å². The molecule has 0 aliphatic carbocycles. The maximum atomic E-state index is 12.3. The lowest BCUT2D eigenvalue weighted by molar-refractivity contribution is -0.115. The van der Waals surface area contributed by atoms with Gasteiger partial charge < -0.3 is 10.6 Å². The molecule has 0 unspecified atom stereocenters. The lowest BCUT2D eigenvalue weighted by Crippen LogP contribution is -2.33. The third-order valence-electron chi connectivity index (χ3n) is 3.88. The van der Waals surface area contributed by atoms with E-state index >= 15 is 0 Å². The van der Waals surface area contributed by atoms with Gasteiger partial charge in [0.1, 0.15) is 0 Å². The minimum absolute atomic E-state index is 0.0587. The zero-order valence-corrected chi connectivity index (χ0v) is 14.4. The standard InChI is InChI=1S/C19H18N2O2S/c1-12-6-5-7-13(2)18(12)21-17(22)10-20-19(23)15-11-24-16-9-4-3-8-14(15)16/h3-9,11H,10H2,1-2H3,(H,20,23)(H,21,22). The zero-order chi connectivity index (χ0) is 17.1. The van der Waals surface area contributed by atoms with E-state index in [2.05, 4.69) is 10.6 Å². The second-order valence-electron chi connectivity index (χ2n) is 5.64. The van der Waals surface area contributed by atoms with E-state index in [0.717, 1.165) is 26.9 Å².